The number of para-hydroxylation sites is 1. The second kappa shape index (κ2) is 10.7. The first-order valence-corrected chi connectivity index (χ1v) is 12.5. The van der Waals surface area contributed by atoms with Gasteiger partial charge >= 0.3 is 0 Å². The molecule has 1 N–H and O–H groups in total. The topological polar surface area (TPSA) is 71.1 Å². The Labute approximate surface area is 205 Å². The lowest BCUT2D eigenvalue weighted by Gasteiger charge is -2.41. The highest BCUT2D eigenvalue weighted by atomic mass is 19.1. The SMILES string of the molecule is O=C1NC[C@@H]2CCC[C@@H](CCOc3ccccc3C(=O)N3CCN(Cc4ccc(F)cc4)C[C@@H]13)O2. The third kappa shape index (κ3) is 5.65. The number of piperazine rings is 1. The number of carbonyl (C=O) groups excluding carboxylic acids is 2. The molecule has 8 heteroatoms. The van der Waals surface area contributed by atoms with Crippen LogP contribution in [0.5, 0.6) is 5.75 Å². The van der Waals surface area contributed by atoms with Gasteiger partial charge in [0.25, 0.3) is 5.91 Å². The number of carbonyl (C=O) groups is 2. The minimum Gasteiger partial charge on any atom is -0.493 e. The molecule has 5 rings (SSSR count). The molecule has 3 aliphatic rings. The maximum absolute atomic E-state index is 13.7. The molecular weight excluding hydrogens is 449 g/mol. The molecule has 7 nitrogen and oxygen atoms in total. The molecular formula is C27H32FN3O4. The van der Waals surface area contributed by atoms with Gasteiger partial charge in [-0.15, -0.1) is 0 Å². The van der Waals surface area contributed by atoms with Crippen LogP contribution in [0, 0.1) is 5.82 Å². The molecule has 3 atom stereocenters. The minimum absolute atomic E-state index is 0.0315. The van der Waals surface area contributed by atoms with Gasteiger partial charge in [0.05, 0.1) is 24.4 Å². The Morgan fingerprint density at radius 1 is 0.971 bits per heavy atom. The number of benzene rings is 2. The zero-order valence-corrected chi connectivity index (χ0v) is 19.8. The predicted molar refractivity (Wildman–Crippen MR) is 129 cm³/mol. The lowest BCUT2D eigenvalue weighted by atomic mass is 10.0. The highest BCUT2D eigenvalue weighted by Gasteiger charge is 2.37. The average molecular weight is 482 g/mol. The standard InChI is InChI=1S/C27H32FN3O4/c28-20-10-8-19(9-11-20)17-30-13-14-31-24(18-30)26(32)29-16-22-5-3-4-21(35-22)12-15-34-25-7-2-1-6-23(25)27(31)33/h1-2,6-11,21-22,24H,3-5,12-18H2,(H,29,32)/t21-,22-,24-/m0/s1. The Bertz CT molecular complexity index is 1050. The van der Waals surface area contributed by atoms with Gasteiger partial charge in [0.15, 0.2) is 0 Å². The highest BCUT2D eigenvalue weighted by molar-refractivity contribution is 6.00. The number of fused-ring (bicyclic) bond motifs is 4. The van der Waals surface area contributed by atoms with E-state index in [1.165, 1.54) is 12.1 Å². The van der Waals surface area contributed by atoms with Crippen LogP contribution in [0.1, 0.15) is 41.6 Å². The predicted octanol–water partition coefficient (Wildman–Crippen LogP) is 2.99. The lowest BCUT2D eigenvalue weighted by molar-refractivity contribution is -0.129. The molecule has 0 spiro atoms. The van der Waals surface area contributed by atoms with Gasteiger partial charge in [-0.1, -0.05) is 24.3 Å². The van der Waals surface area contributed by atoms with E-state index in [-0.39, 0.29) is 29.8 Å². The van der Waals surface area contributed by atoms with Gasteiger partial charge in [0.2, 0.25) is 5.91 Å². The Morgan fingerprint density at radius 3 is 2.63 bits per heavy atom. The van der Waals surface area contributed by atoms with Crippen LogP contribution in [0.4, 0.5) is 4.39 Å². The molecule has 0 aliphatic carbocycles. The van der Waals surface area contributed by atoms with Crippen molar-refractivity contribution < 1.29 is 23.5 Å². The van der Waals surface area contributed by atoms with E-state index >= 15 is 0 Å². The van der Waals surface area contributed by atoms with E-state index in [4.69, 9.17) is 9.47 Å². The smallest absolute Gasteiger partial charge is 0.258 e. The monoisotopic (exact) mass is 481 g/mol. The summed E-state index contributed by atoms with van der Waals surface area (Å²) in [5.41, 5.74) is 1.43. The first-order valence-electron chi connectivity index (χ1n) is 12.5. The van der Waals surface area contributed by atoms with Gasteiger partial charge in [0.1, 0.15) is 17.6 Å². The molecule has 2 bridgehead atoms. The van der Waals surface area contributed by atoms with Crippen molar-refractivity contribution in [3.05, 3.63) is 65.5 Å². The maximum atomic E-state index is 13.7. The number of hydrogen-bond donors (Lipinski definition) is 1. The van der Waals surface area contributed by atoms with E-state index in [0.29, 0.717) is 50.6 Å². The zero-order chi connectivity index (χ0) is 24.2. The summed E-state index contributed by atoms with van der Waals surface area (Å²) in [6, 6.07) is 13.0. The van der Waals surface area contributed by atoms with Gasteiger partial charge in [-0.2, -0.15) is 0 Å². The Hall–Kier alpha value is -2.97. The molecule has 35 heavy (non-hydrogen) atoms. The molecule has 0 saturated carbocycles. The van der Waals surface area contributed by atoms with Crippen LogP contribution < -0.4 is 10.1 Å². The van der Waals surface area contributed by atoms with Crippen molar-refractivity contribution in [3.63, 3.8) is 0 Å². The summed E-state index contributed by atoms with van der Waals surface area (Å²) < 4.78 is 25.6. The minimum atomic E-state index is -0.646. The first kappa shape index (κ1) is 23.8. The Morgan fingerprint density at radius 2 is 1.77 bits per heavy atom. The van der Waals surface area contributed by atoms with E-state index in [1.54, 1.807) is 23.1 Å². The van der Waals surface area contributed by atoms with Crippen molar-refractivity contribution in [3.8, 4) is 5.75 Å². The Kier molecular flexibility index (Phi) is 7.29. The van der Waals surface area contributed by atoms with Gasteiger partial charge < -0.3 is 19.7 Å². The van der Waals surface area contributed by atoms with Crippen molar-refractivity contribution >= 4 is 11.8 Å². The Balaban J connectivity index is 1.39. The summed E-state index contributed by atoms with van der Waals surface area (Å²) >= 11 is 0. The number of amides is 2. The molecule has 0 radical (unpaired) electrons. The van der Waals surface area contributed by atoms with Crippen LogP contribution >= 0.6 is 0 Å². The van der Waals surface area contributed by atoms with Crippen LogP contribution in [0.3, 0.4) is 0 Å². The summed E-state index contributed by atoms with van der Waals surface area (Å²) in [5.74, 6) is -0.114. The number of hydrogen-bond acceptors (Lipinski definition) is 5. The van der Waals surface area contributed by atoms with Gasteiger partial charge in [0, 0.05) is 39.1 Å². The van der Waals surface area contributed by atoms with Crippen LogP contribution in [0.2, 0.25) is 0 Å². The first-order chi connectivity index (χ1) is 17.1. The summed E-state index contributed by atoms with van der Waals surface area (Å²) in [6.07, 6.45) is 3.75. The van der Waals surface area contributed by atoms with Crippen LogP contribution in [-0.4, -0.2) is 72.6 Å². The fourth-order valence-electron chi connectivity index (χ4n) is 5.20. The van der Waals surface area contributed by atoms with Gasteiger partial charge in [-0.25, -0.2) is 4.39 Å². The average Bonchev–Trinajstić information content (AvgIpc) is 2.88. The molecule has 0 unspecified atom stereocenters. The van der Waals surface area contributed by atoms with Gasteiger partial charge in [-0.05, 0) is 49.1 Å². The fraction of sp³-hybridized carbons (Fsp3) is 0.481. The molecule has 2 saturated heterocycles. The molecule has 3 aliphatic heterocycles. The summed E-state index contributed by atoms with van der Waals surface area (Å²) in [7, 11) is 0. The van der Waals surface area contributed by atoms with E-state index in [0.717, 1.165) is 31.2 Å². The second-order valence-electron chi connectivity index (χ2n) is 9.57. The zero-order valence-electron chi connectivity index (χ0n) is 19.8. The quantitative estimate of drug-likeness (QED) is 0.714. The van der Waals surface area contributed by atoms with Gasteiger partial charge in [-0.3, -0.25) is 14.5 Å². The summed E-state index contributed by atoms with van der Waals surface area (Å²) in [6.45, 7) is 2.91. The van der Waals surface area contributed by atoms with Crippen LogP contribution in [0.15, 0.2) is 48.5 Å². The van der Waals surface area contributed by atoms with Crippen LogP contribution in [-0.2, 0) is 16.1 Å². The third-order valence-electron chi connectivity index (χ3n) is 7.10. The van der Waals surface area contributed by atoms with Crippen molar-refractivity contribution in [2.45, 2.75) is 50.5 Å². The number of ether oxygens (including phenoxy) is 2. The number of nitrogens with one attached hydrogen (secondary N) is 1. The highest BCUT2D eigenvalue weighted by Crippen LogP contribution is 2.26. The maximum Gasteiger partial charge on any atom is 0.258 e. The van der Waals surface area contributed by atoms with E-state index in [9.17, 15) is 14.0 Å². The summed E-state index contributed by atoms with van der Waals surface area (Å²) in [4.78, 5) is 30.9. The molecule has 2 amide bonds. The van der Waals surface area contributed by atoms with Crippen molar-refractivity contribution in [1.29, 1.82) is 0 Å². The number of halogens is 1. The molecule has 186 valence electrons. The molecule has 0 aromatic heterocycles. The number of rotatable bonds is 2. The van der Waals surface area contributed by atoms with Crippen molar-refractivity contribution in [2.24, 2.45) is 0 Å². The van der Waals surface area contributed by atoms with Crippen molar-refractivity contribution in [2.75, 3.05) is 32.8 Å². The largest absolute Gasteiger partial charge is 0.493 e. The van der Waals surface area contributed by atoms with Crippen LogP contribution in [0.25, 0.3) is 0 Å². The fourth-order valence-corrected chi connectivity index (χ4v) is 5.20. The molecule has 2 aromatic carbocycles. The van der Waals surface area contributed by atoms with Crippen molar-refractivity contribution in [1.82, 2.24) is 15.1 Å². The van der Waals surface area contributed by atoms with E-state index in [1.807, 2.05) is 18.2 Å². The lowest BCUT2D eigenvalue weighted by Crippen LogP contribution is -2.61. The molecule has 3 heterocycles. The molecule has 2 aromatic rings. The normalized spacial score (nSPS) is 26.1. The number of nitrogens with zero attached hydrogens (tertiary/aromatic N) is 2. The summed E-state index contributed by atoms with van der Waals surface area (Å²) in [5, 5.41) is 3.06. The second-order valence-corrected chi connectivity index (χ2v) is 9.57. The molecule has 2 fully saturated rings. The van der Waals surface area contributed by atoms with E-state index < -0.39 is 6.04 Å². The van der Waals surface area contributed by atoms with E-state index in [2.05, 4.69) is 10.2 Å². The third-order valence-corrected chi connectivity index (χ3v) is 7.10.